The summed E-state index contributed by atoms with van der Waals surface area (Å²) in [4.78, 5) is 12.4. The average Bonchev–Trinajstić information content (AvgIpc) is 2.04. The average molecular weight is 179 g/mol. The number of hydrogen-bond donors (Lipinski definition) is 1. The number of rotatable bonds is 0. The molecule has 0 spiro atoms. The van der Waals surface area contributed by atoms with Gasteiger partial charge >= 0.3 is 0 Å². The molecule has 0 bridgehead atoms. The Morgan fingerprint density at radius 3 is 3.00 bits per heavy atom. The minimum absolute atomic E-state index is 0.182. The van der Waals surface area contributed by atoms with Crippen LogP contribution >= 0.6 is 11.8 Å². The molecule has 0 unspecified atom stereocenters. The molecule has 0 aromatic heterocycles. The Morgan fingerprint density at radius 2 is 2.25 bits per heavy atom. The van der Waals surface area contributed by atoms with Gasteiger partial charge in [0.15, 0.2) is 5.78 Å². The molecule has 2 N–H and O–H groups in total. The normalized spacial score (nSPS) is 15.8. The summed E-state index contributed by atoms with van der Waals surface area (Å²) in [5.74, 6) is 1.07. The zero-order valence-electron chi connectivity index (χ0n) is 6.54. The van der Waals surface area contributed by atoms with Gasteiger partial charge in [0.2, 0.25) is 0 Å². The maximum Gasteiger partial charge on any atom is 0.166 e. The molecule has 0 aliphatic carbocycles. The number of carbonyl (C=O) groups is 1. The number of hydrogen-bond acceptors (Lipinski definition) is 3. The highest BCUT2D eigenvalue weighted by Gasteiger charge is 2.19. The van der Waals surface area contributed by atoms with Gasteiger partial charge in [-0.25, -0.2) is 0 Å². The van der Waals surface area contributed by atoms with Gasteiger partial charge in [0.1, 0.15) is 0 Å². The van der Waals surface area contributed by atoms with Gasteiger partial charge in [-0.05, 0) is 12.1 Å². The minimum atomic E-state index is 0.182. The Labute approximate surface area is 75.1 Å². The van der Waals surface area contributed by atoms with E-state index < -0.39 is 0 Å². The SMILES string of the molecule is Nc1cccc2c1C(=O)CCS2. The van der Waals surface area contributed by atoms with Crippen molar-refractivity contribution in [3.05, 3.63) is 23.8 Å². The lowest BCUT2D eigenvalue weighted by Gasteiger charge is -2.15. The zero-order valence-corrected chi connectivity index (χ0v) is 7.36. The first-order chi connectivity index (χ1) is 5.79. The van der Waals surface area contributed by atoms with Crippen LogP contribution in [0.5, 0.6) is 0 Å². The van der Waals surface area contributed by atoms with Gasteiger partial charge in [-0.3, -0.25) is 4.79 Å². The molecular weight excluding hydrogens is 170 g/mol. The Kier molecular flexibility index (Phi) is 1.81. The molecule has 0 radical (unpaired) electrons. The van der Waals surface area contributed by atoms with Crippen LogP contribution in [-0.4, -0.2) is 11.5 Å². The van der Waals surface area contributed by atoms with Crippen LogP contribution in [0.4, 0.5) is 5.69 Å². The second-order valence-corrected chi connectivity index (χ2v) is 3.88. The molecule has 1 aliphatic heterocycles. The monoisotopic (exact) mass is 179 g/mol. The molecule has 3 heteroatoms. The van der Waals surface area contributed by atoms with Crippen LogP contribution in [0.15, 0.2) is 23.1 Å². The smallest absolute Gasteiger partial charge is 0.166 e. The molecule has 0 saturated carbocycles. The molecule has 0 atom stereocenters. The van der Waals surface area contributed by atoms with E-state index in [1.165, 1.54) is 0 Å². The van der Waals surface area contributed by atoms with E-state index in [2.05, 4.69) is 0 Å². The highest BCUT2D eigenvalue weighted by atomic mass is 32.2. The molecule has 2 nitrogen and oxygen atoms in total. The molecule has 0 fully saturated rings. The van der Waals surface area contributed by atoms with Crippen molar-refractivity contribution in [2.45, 2.75) is 11.3 Å². The summed E-state index contributed by atoms with van der Waals surface area (Å²) in [5.41, 5.74) is 7.04. The zero-order chi connectivity index (χ0) is 8.55. The predicted octanol–water partition coefficient (Wildman–Crippen LogP) is 1.95. The lowest BCUT2D eigenvalue weighted by molar-refractivity contribution is 0.0985. The van der Waals surface area contributed by atoms with Gasteiger partial charge in [0.25, 0.3) is 0 Å². The lowest BCUT2D eigenvalue weighted by atomic mass is 10.1. The third-order valence-electron chi connectivity index (χ3n) is 1.92. The fourth-order valence-electron chi connectivity index (χ4n) is 1.35. The summed E-state index contributed by atoms with van der Waals surface area (Å²) in [7, 11) is 0. The molecule has 62 valence electrons. The number of benzene rings is 1. The Bertz CT molecular complexity index is 335. The van der Waals surface area contributed by atoms with Crippen molar-refractivity contribution in [1.82, 2.24) is 0 Å². The third kappa shape index (κ3) is 1.10. The Balaban J connectivity index is 2.60. The van der Waals surface area contributed by atoms with Gasteiger partial charge in [-0.1, -0.05) is 6.07 Å². The van der Waals surface area contributed by atoms with Gasteiger partial charge in [0.05, 0.1) is 5.56 Å². The van der Waals surface area contributed by atoms with Gasteiger partial charge < -0.3 is 5.73 Å². The van der Waals surface area contributed by atoms with Gasteiger partial charge in [-0.15, -0.1) is 11.8 Å². The van der Waals surface area contributed by atoms with E-state index in [1.807, 2.05) is 12.1 Å². The van der Waals surface area contributed by atoms with Crippen LogP contribution in [0, 0.1) is 0 Å². The number of nitrogens with two attached hydrogens (primary N) is 1. The molecule has 1 aromatic rings. The molecule has 0 amide bonds. The minimum Gasteiger partial charge on any atom is -0.398 e. The second-order valence-electron chi connectivity index (χ2n) is 2.74. The van der Waals surface area contributed by atoms with Crippen LogP contribution in [0.1, 0.15) is 16.8 Å². The van der Waals surface area contributed by atoms with Crippen molar-refractivity contribution >= 4 is 23.2 Å². The molecule has 1 heterocycles. The van der Waals surface area contributed by atoms with E-state index in [4.69, 9.17) is 5.73 Å². The topological polar surface area (TPSA) is 43.1 Å². The number of carbonyl (C=O) groups excluding carboxylic acids is 1. The molecule has 2 rings (SSSR count). The van der Waals surface area contributed by atoms with E-state index >= 15 is 0 Å². The second kappa shape index (κ2) is 2.83. The van der Waals surface area contributed by atoms with Crippen LogP contribution < -0.4 is 5.73 Å². The fourth-order valence-corrected chi connectivity index (χ4v) is 2.40. The summed E-state index contributed by atoms with van der Waals surface area (Å²) < 4.78 is 0. The maximum atomic E-state index is 11.4. The highest BCUT2D eigenvalue weighted by molar-refractivity contribution is 7.99. The molecule has 1 aromatic carbocycles. The number of anilines is 1. The van der Waals surface area contributed by atoms with Crippen LogP contribution in [0.3, 0.4) is 0 Å². The molecule has 1 aliphatic rings. The lowest BCUT2D eigenvalue weighted by Crippen LogP contribution is -2.10. The maximum absolute atomic E-state index is 11.4. The summed E-state index contributed by atoms with van der Waals surface area (Å²) >= 11 is 1.71. The van der Waals surface area contributed by atoms with Crippen molar-refractivity contribution in [2.24, 2.45) is 0 Å². The molecule has 12 heavy (non-hydrogen) atoms. The first kappa shape index (κ1) is 7.68. The van der Waals surface area contributed by atoms with E-state index in [0.717, 1.165) is 16.2 Å². The summed E-state index contributed by atoms with van der Waals surface area (Å²) in [5, 5.41) is 0. The van der Waals surface area contributed by atoms with Crippen LogP contribution in [0.25, 0.3) is 0 Å². The summed E-state index contributed by atoms with van der Waals surface area (Å²) in [6.07, 6.45) is 0.617. The van der Waals surface area contributed by atoms with Crippen molar-refractivity contribution in [1.29, 1.82) is 0 Å². The van der Waals surface area contributed by atoms with E-state index in [1.54, 1.807) is 17.8 Å². The van der Waals surface area contributed by atoms with Crippen LogP contribution in [0.2, 0.25) is 0 Å². The Morgan fingerprint density at radius 1 is 1.42 bits per heavy atom. The first-order valence-electron chi connectivity index (χ1n) is 3.83. The van der Waals surface area contributed by atoms with Gasteiger partial charge in [0, 0.05) is 22.8 Å². The van der Waals surface area contributed by atoms with E-state index in [-0.39, 0.29) is 5.78 Å². The largest absolute Gasteiger partial charge is 0.398 e. The molecular formula is C9H9NOS. The fraction of sp³-hybridized carbons (Fsp3) is 0.222. The van der Waals surface area contributed by atoms with Crippen molar-refractivity contribution in [3.8, 4) is 0 Å². The molecule has 0 saturated heterocycles. The number of Topliss-reactive ketones (excluding diaryl/α,β-unsaturated/α-hetero) is 1. The number of ketones is 1. The first-order valence-corrected chi connectivity index (χ1v) is 4.82. The Hall–Kier alpha value is -0.960. The quantitative estimate of drug-likeness (QED) is 0.619. The summed E-state index contributed by atoms with van der Waals surface area (Å²) in [6, 6.07) is 5.62. The highest BCUT2D eigenvalue weighted by Crippen LogP contribution is 2.32. The summed E-state index contributed by atoms with van der Waals surface area (Å²) in [6.45, 7) is 0. The number of nitrogen functional groups attached to an aromatic ring is 1. The van der Waals surface area contributed by atoms with Crippen molar-refractivity contribution in [3.63, 3.8) is 0 Å². The van der Waals surface area contributed by atoms with Crippen molar-refractivity contribution < 1.29 is 4.79 Å². The van der Waals surface area contributed by atoms with E-state index in [9.17, 15) is 4.79 Å². The van der Waals surface area contributed by atoms with Crippen molar-refractivity contribution in [2.75, 3.05) is 11.5 Å². The van der Waals surface area contributed by atoms with E-state index in [0.29, 0.717) is 12.1 Å². The number of thioether (sulfide) groups is 1. The van der Waals surface area contributed by atoms with Crippen LogP contribution in [-0.2, 0) is 0 Å². The van der Waals surface area contributed by atoms with Gasteiger partial charge in [-0.2, -0.15) is 0 Å². The standard InChI is InChI=1S/C9H9NOS/c10-6-2-1-3-8-9(6)7(11)4-5-12-8/h1-3H,4-5,10H2. The third-order valence-corrected chi connectivity index (χ3v) is 2.98. The predicted molar refractivity (Wildman–Crippen MR) is 50.5 cm³/mol. The number of fused-ring (bicyclic) bond motifs is 1.